The Labute approximate surface area is 187 Å². The molecule has 0 saturated carbocycles. The molecular formula is C22H43O8P. The van der Waals surface area contributed by atoms with Gasteiger partial charge in [-0.3, -0.25) is 14.1 Å². The van der Waals surface area contributed by atoms with Crippen LogP contribution in [0.5, 0.6) is 0 Å². The van der Waals surface area contributed by atoms with Gasteiger partial charge in [0.05, 0.1) is 6.61 Å². The zero-order valence-electron chi connectivity index (χ0n) is 19.3. The van der Waals surface area contributed by atoms with E-state index in [1.807, 2.05) is 0 Å². The molecule has 0 aromatic carbocycles. The number of phosphoric ester groups is 1. The Morgan fingerprint density at radius 2 is 1.26 bits per heavy atom. The van der Waals surface area contributed by atoms with Crippen LogP contribution in [-0.2, 0) is 18.7 Å². The van der Waals surface area contributed by atoms with Crippen molar-refractivity contribution in [2.24, 2.45) is 0 Å². The van der Waals surface area contributed by atoms with Gasteiger partial charge in [0.15, 0.2) is 23.3 Å². The van der Waals surface area contributed by atoms with Crippen molar-refractivity contribution < 1.29 is 38.7 Å². The van der Waals surface area contributed by atoms with Crippen LogP contribution >= 0.6 is 7.82 Å². The molecule has 0 rings (SSSR count). The highest BCUT2D eigenvalue weighted by molar-refractivity contribution is 7.46. The Morgan fingerprint density at radius 1 is 0.839 bits per heavy atom. The quantitative estimate of drug-likeness (QED) is 0.146. The predicted molar refractivity (Wildman–Crippen MR) is 120 cm³/mol. The highest BCUT2D eigenvalue weighted by Crippen LogP contribution is 2.37. The average Bonchev–Trinajstić information content (AvgIpc) is 2.73. The van der Waals surface area contributed by atoms with Crippen LogP contribution in [0.3, 0.4) is 0 Å². The molecule has 0 saturated heterocycles. The van der Waals surface area contributed by atoms with Crippen molar-refractivity contribution in [3.63, 3.8) is 0 Å². The highest BCUT2D eigenvalue weighted by atomic mass is 31.2. The summed E-state index contributed by atoms with van der Waals surface area (Å²) >= 11 is 0. The lowest BCUT2D eigenvalue weighted by molar-refractivity contribution is -0.164. The predicted octanol–water partition coefficient (Wildman–Crippen LogP) is 4.22. The molecule has 0 aromatic heterocycles. The van der Waals surface area contributed by atoms with E-state index in [9.17, 15) is 24.4 Å². The van der Waals surface area contributed by atoms with E-state index in [1.54, 1.807) is 0 Å². The summed E-state index contributed by atoms with van der Waals surface area (Å²) < 4.78 is 15.1. The highest BCUT2D eigenvalue weighted by Gasteiger charge is 2.47. The molecule has 0 radical (unpaired) electrons. The van der Waals surface area contributed by atoms with Crippen LogP contribution in [0.4, 0.5) is 0 Å². The Bertz CT molecular complexity index is 548. The van der Waals surface area contributed by atoms with Crippen LogP contribution in [0.1, 0.15) is 110 Å². The Kier molecular flexibility index (Phi) is 16.6. The molecule has 0 bridgehead atoms. The molecule has 8 nitrogen and oxygen atoms in total. The minimum Gasteiger partial charge on any atom is -0.382 e. The molecule has 0 fully saturated rings. The number of carbonyl (C=O) groups is 2. The number of hydrogen-bond donors (Lipinski definition) is 4. The van der Waals surface area contributed by atoms with Gasteiger partial charge in [-0.05, 0) is 6.42 Å². The lowest BCUT2D eigenvalue weighted by atomic mass is 9.87. The first-order chi connectivity index (χ1) is 14.6. The number of aliphatic hydroxyl groups excluding tert-OH is 1. The van der Waals surface area contributed by atoms with Crippen LogP contribution in [0.2, 0.25) is 0 Å². The fraction of sp³-hybridized carbons (Fsp3) is 0.909. The lowest BCUT2D eigenvalue weighted by Crippen LogP contribution is -2.56. The standard InChI is InChI=1S/C22H43O8P/c1-3-5-6-7-8-9-10-11-12-13-14-15-16-17-19(23)21(25)22(26,20(24)4-2)18-30-31(27,28)29/h21,25-26H,3-18H2,1-2H3,(H2,27,28,29). The second-order valence-corrected chi connectivity index (χ2v) is 9.57. The van der Waals surface area contributed by atoms with Crippen molar-refractivity contribution in [1.29, 1.82) is 0 Å². The average molecular weight is 467 g/mol. The van der Waals surface area contributed by atoms with Gasteiger partial charge in [0.2, 0.25) is 0 Å². The summed E-state index contributed by atoms with van der Waals surface area (Å²) in [5, 5.41) is 20.6. The minimum atomic E-state index is -4.97. The van der Waals surface area contributed by atoms with Gasteiger partial charge in [-0.1, -0.05) is 90.9 Å². The maximum absolute atomic E-state index is 12.2. The third-order valence-electron chi connectivity index (χ3n) is 5.54. The molecule has 2 atom stereocenters. The van der Waals surface area contributed by atoms with E-state index in [4.69, 9.17) is 9.79 Å². The van der Waals surface area contributed by atoms with Gasteiger partial charge < -0.3 is 20.0 Å². The first kappa shape index (κ1) is 30.4. The molecule has 0 spiro atoms. The maximum Gasteiger partial charge on any atom is 0.469 e. The molecule has 0 aromatic rings. The molecule has 2 unspecified atom stereocenters. The number of phosphoric acid groups is 1. The van der Waals surface area contributed by atoms with E-state index in [-0.39, 0.29) is 12.8 Å². The second kappa shape index (κ2) is 16.9. The van der Waals surface area contributed by atoms with Gasteiger partial charge in [0.1, 0.15) is 0 Å². The van der Waals surface area contributed by atoms with Gasteiger partial charge >= 0.3 is 7.82 Å². The minimum absolute atomic E-state index is 0.0197. The number of aliphatic hydroxyl groups is 2. The van der Waals surface area contributed by atoms with Crippen molar-refractivity contribution >= 4 is 19.4 Å². The molecular weight excluding hydrogens is 423 g/mol. The zero-order valence-corrected chi connectivity index (χ0v) is 20.2. The molecule has 31 heavy (non-hydrogen) atoms. The van der Waals surface area contributed by atoms with E-state index in [1.165, 1.54) is 58.3 Å². The second-order valence-electron chi connectivity index (χ2n) is 8.33. The summed E-state index contributed by atoms with van der Waals surface area (Å²) in [6.07, 6.45) is 12.6. The van der Waals surface area contributed by atoms with Crippen molar-refractivity contribution in [3.8, 4) is 0 Å². The maximum atomic E-state index is 12.2. The summed E-state index contributed by atoms with van der Waals surface area (Å²) in [5.74, 6) is -1.64. The Hall–Kier alpha value is -0.630. The van der Waals surface area contributed by atoms with Crippen LogP contribution in [0.25, 0.3) is 0 Å². The molecule has 9 heteroatoms. The molecule has 4 N–H and O–H groups in total. The van der Waals surface area contributed by atoms with Gasteiger partial charge in [-0.15, -0.1) is 0 Å². The molecule has 0 aliphatic rings. The van der Waals surface area contributed by atoms with Crippen molar-refractivity contribution in [2.45, 2.75) is 122 Å². The van der Waals surface area contributed by atoms with Crippen LogP contribution in [0.15, 0.2) is 0 Å². The third kappa shape index (κ3) is 14.2. The van der Waals surface area contributed by atoms with Crippen molar-refractivity contribution in [3.05, 3.63) is 0 Å². The fourth-order valence-corrected chi connectivity index (χ4v) is 3.89. The summed E-state index contributed by atoms with van der Waals surface area (Å²) in [4.78, 5) is 41.8. The fourth-order valence-electron chi connectivity index (χ4n) is 3.52. The number of unbranched alkanes of at least 4 members (excludes halogenated alkanes) is 12. The van der Waals surface area contributed by atoms with Crippen LogP contribution in [0, 0.1) is 0 Å². The summed E-state index contributed by atoms with van der Waals surface area (Å²) in [6, 6.07) is 0. The van der Waals surface area contributed by atoms with Crippen LogP contribution in [-0.4, -0.2) is 49.9 Å². The van der Waals surface area contributed by atoms with Crippen molar-refractivity contribution in [2.75, 3.05) is 6.61 Å². The van der Waals surface area contributed by atoms with Gasteiger partial charge in [-0.2, -0.15) is 0 Å². The van der Waals surface area contributed by atoms with Gasteiger partial charge in [0.25, 0.3) is 0 Å². The zero-order chi connectivity index (χ0) is 23.8. The van der Waals surface area contributed by atoms with E-state index in [2.05, 4.69) is 11.4 Å². The normalized spacial score (nSPS) is 14.9. The van der Waals surface area contributed by atoms with E-state index in [0.29, 0.717) is 6.42 Å². The molecule has 0 aliphatic carbocycles. The number of Topliss-reactive ketones (excluding diaryl/α,β-unsaturated/α-hetero) is 2. The van der Waals surface area contributed by atoms with Crippen molar-refractivity contribution in [1.82, 2.24) is 0 Å². The monoisotopic (exact) mass is 466 g/mol. The number of rotatable bonds is 21. The smallest absolute Gasteiger partial charge is 0.382 e. The SMILES string of the molecule is CCCCCCCCCCCCCCCC(=O)C(O)C(O)(COP(=O)(O)O)C(=O)CC. The Morgan fingerprint density at radius 3 is 1.65 bits per heavy atom. The molecule has 184 valence electrons. The number of hydrogen-bond acceptors (Lipinski definition) is 6. The largest absolute Gasteiger partial charge is 0.469 e. The number of ketones is 2. The number of carbonyl (C=O) groups excluding carboxylic acids is 2. The van der Waals surface area contributed by atoms with Gasteiger partial charge in [0, 0.05) is 12.8 Å². The summed E-state index contributed by atoms with van der Waals surface area (Å²) in [7, 11) is -4.97. The third-order valence-corrected chi connectivity index (χ3v) is 6.01. The first-order valence-corrected chi connectivity index (χ1v) is 13.3. The van der Waals surface area contributed by atoms with E-state index >= 15 is 0 Å². The molecule has 0 heterocycles. The first-order valence-electron chi connectivity index (χ1n) is 11.7. The van der Waals surface area contributed by atoms with E-state index < -0.39 is 37.7 Å². The van der Waals surface area contributed by atoms with Crippen LogP contribution < -0.4 is 0 Å². The molecule has 0 amide bonds. The van der Waals surface area contributed by atoms with E-state index in [0.717, 1.165) is 25.7 Å². The Balaban J connectivity index is 4.07. The topological polar surface area (TPSA) is 141 Å². The van der Waals surface area contributed by atoms with Gasteiger partial charge in [-0.25, -0.2) is 4.57 Å². The summed E-state index contributed by atoms with van der Waals surface area (Å²) in [6.45, 7) is 2.49. The molecule has 0 aliphatic heterocycles. The lowest BCUT2D eigenvalue weighted by Gasteiger charge is -2.30. The summed E-state index contributed by atoms with van der Waals surface area (Å²) in [5.41, 5.74) is -2.66.